The van der Waals surface area contributed by atoms with Gasteiger partial charge in [-0.05, 0) is 55.8 Å². The first kappa shape index (κ1) is 21.3. The SMILES string of the molecule is Cc1cccc(Nc2nnc(SC(C)C(=O)c3ccc(NS(C)(=O)=O)cc3)s2)c1. The van der Waals surface area contributed by atoms with Crippen LogP contribution >= 0.6 is 23.1 Å². The molecule has 10 heteroatoms. The Morgan fingerprint density at radius 3 is 2.48 bits per heavy atom. The van der Waals surface area contributed by atoms with E-state index in [9.17, 15) is 13.2 Å². The predicted octanol–water partition coefficient (Wildman–Crippen LogP) is 4.33. The zero-order valence-corrected chi connectivity index (χ0v) is 18.5. The molecular formula is C19H20N4O3S3. The maximum absolute atomic E-state index is 12.7. The van der Waals surface area contributed by atoms with Crippen LogP contribution in [0, 0.1) is 6.92 Å². The molecule has 29 heavy (non-hydrogen) atoms. The number of ketones is 1. The largest absolute Gasteiger partial charge is 0.330 e. The molecule has 2 N–H and O–H groups in total. The summed E-state index contributed by atoms with van der Waals surface area (Å²) in [5, 5.41) is 11.8. The monoisotopic (exact) mass is 448 g/mol. The minimum absolute atomic E-state index is 0.0655. The highest BCUT2D eigenvalue weighted by Crippen LogP contribution is 2.31. The number of rotatable bonds is 8. The number of hydrogen-bond donors (Lipinski definition) is 2. The summed E-state index contributed by atoms with van der Waals surface area (Å²) in [4.78, 5) is 12.7. The van der Waals surface area contributed by atoms with Crippen molar-refractivity contribution in [3.8, 4) is 0 Å². The number of nitrogens with zero attached hydrogens (tertiary/aromatic N) is 2. The summed E-state index contributed by atoms with van der Waals surface area (Å²) in [6.07, 6.45) is 1.08. The molecule has 1 heterocycles. The van der Waals surface area contributed by atoms with E-state index in [1.165, 1.54) is 23.1 Å². The van der Waals surface area contributed by atoms with Crippen LogP contribution in [0.5, 0.6) is 0 Å². The normalized spacial score (nSPS) is 12.4. The lowest BCUT2D eigenvalue weighted by Gasteiger charge is -2.09. The smallest absolute Gasteiger partial charge is 0.229 e. The fourth-order valence-electron chi connectivity index (χ4n) is 2.51. The van der Waals surface area contributed by atoms with Crippen LogP contribution in [-0.2, 0) is 10.0 Å². The fourth-order valence-corrected chi connectivity index (χ4v) is 5.07. The van der Waals surface area contributed by atoms with Gasteiger partial charge in [-0.3, -0.25) is 9.52 Å². The minimum atomic E-state index is -3.35. The summed E-state index contributed by atoms with van der Waals surface area (Å²) in [5.41, 5.74) is 3.00. The van der Waals surface area contributed by atoms with Crippen LogP contribution in [0.1, 0.15) is 22.8 Å². The highest BCUT2D eigenvalue weighted by Gasteiger charge is 2.19. The molecule has 0 fully saturated rings. The van der Waals surface area contributed by atoms with E-state index in [1.54, 1.807) is 24.3 Å². The lowest BCUT2D eigenvalue weighted by Crippen LogP contribution is -2.14. The van der Waals surface area contributed by atoms with Crippen LogP contribution in [0.4, 0.5) is 16.5 Å². The van der Waals surface area contributed by atoms with E-state index in [4.69, 9.17) is 0 Å². The number of carbonyl (C=O) groups is 1. The molecule has 3 rings (SSSR count). The summed E-state index contributed by atoms with van der Waals surface area (Å²) < 4.78 is 25.6. The van der Waals surface area contributed by atoms with Gasteiger partial charge in [0, 0.05) is 16.9 Å². The number of carbonyl (C=O) groups excluding carboxylic acids is 1. The van der Waals surface area contributed by atoms with Crippen molar-refractivity contribution in [2.24, 2.45) is 0 Å². The molecule has 3 aromatic rings. The Bertz CT molecular complexity index is 1110. The fraction of sp³-hybridized carbons (Fsp3) is 0.211. The van der Waals surface area contributed by atoms with Gasteiger partial charge in [-0.15, -0.1) is 10.2 Å². The van der Waals surface area contributed by atoms with Gasteiger partial charge >= 0.3 is 0 Å². The second-order valence-corrected chi connectivity index (χ2v) is 10.8. The van der Waals surface area contributed by atoms with E-state index < -0.39 is 10.0 Å². The Kier molecular flexibility index (Phi) is 6.56. The first-order valence-electron chi connectivity index (χ1n) is 8.65. The second-order valence-electron chi connectivity index (χ2n) is 6.44. The molecule has 0 bridgehead atoms. The Labute approximate surface area is 178 Å². The summed E-state index contributed by atoms with van der Waals surface area (Å²) >= 11 is 2.72. The molecule has 0 saturated heterocycles. The van der Waals surface area contributed by atoms with Crippen LogP contribution in [0.2, 0.25) is 0 Å². The number of aryl methyl sites for hydroxylation is 1. The maximum Gasteiger partial charge on any atom is 0.229 e. The molecule has 0 saturated carbocycles. The topological polar surface area (TPSA) is 101 Å². The summed E-state index contributed by atoms with van der Waals surface area (Å²) in [6, 6.07) is 14.3. The Morgan fingerprint density at radius 1 is 1.10 bits per heavy atom. The molecule has 0 radical (unpaired) electrons. The van der Waals surface area contributed by atoms with Crippen LogP contribution < -0.4 is 10.0 Å². The Hall–Kier alpha value is -2.43. The average molecular weight is 449 g/mol. The van der Waals surface area contributed by atoms with E-state index >= 15 is 0 Å². The van der Waals surface area contributed by atoms with Crippen molar-refractivity contribution in [1.29, 1.82) is 0 Å². The number of aromatic nitrogens is 2. The third-order valence-electron chi connectivity index (χ3n) is 3.80. The number of hydrogen-bond acceptors (Lipinski definition) is 8. The van der Waals surface area contributed by atoms with E-state index in [2.05, 4.69) is 20.2 Å². The summed E-state index contributed by atoms with van der Waals surface area (Å²) in [5.74, 6) is -0.0655. The van der Waals surface area contributed by atoms with Gasteiger partial charge in [0.2, 0.25) is 15.2 Å². The van der Waals surface area contributed by atoms with Gasteiger partial charge in [0.25, 0.3) is 0 Å². The first-order valence-corrected chi connectivity index (χ1v) is 12.2. The number of thioether (sulfide) groups is 1. The average Bonchev–Trinajstić information content (AvgIpc) is 3.07. The summed E-state index contributed by atoms with van der Waals surface area (Å²) in [7, 11) is -3.35. The quantitative estimate of drug-likeness (QED) is 0.391. The molecule has 1 unspecified atom stereocenters. The number of benzene rings is 2. The van der Waals surface area contributed by atoms with Gasteiger partial charge in [0.05, 0.1) is 11.5 Å². The zero-order valence-electron chi connectivity index (χ0n) is 16.0. The number of sulfonamides is 1. The van der Waals surface area contributed by atoms with Gasteiger partial charge in [-0.25, -0.2) is 8.42 Å². The first-order chi connectivity index (χ1) is 13.7. The van der Waals surface area contributed by atoms with Crippen molar-refractivity contribution in [1.82, 2.24) is 10.2 Å². The van der Waals surface area contributed by atoms with Gasteiger partial charge < -0.3 is 5.32 Å². The van der Waals surface area contributed by atoms with Crippen molar-refractivity contribution in [3.63, 3.8) is 0 Å². The van der Waals surface area contributed by atoms with Crippen LogP contribution in [0.3, 0.4) is 0 Å². The van der Waals surface area contributed by atoms with Crippen molar-refractivity contribution < 1.29 is 13.2 Å². The lowest BCUT2D eigenvalue weighted by molar-refractivity contribution is 0.0994. The molecule has 1 atom stereocenters. The van der Waals surface area contributed by atoms with Crippen molar-refractivity contribution in [3.05, 3.63) is 59.7 Å². The highest BCUT2D eigenvalue weighted by molar-refractivity contribution is 8.02. The van der Waals surface area contributed by atoms with Crippen molar-refractivity contribution >= 4 is 55.4 Å². The van der Waals surface area contributed by atoms with Gasteiger partial charge in [-0.2, -0.15) is 0 Å². The number of nitrogens with one attached hydrogen (secondary N) is 2. The highest BCUT2D eigenvalue weighted by atomic mass is 32.2. The van der Waals surface area contributed by atoms with E-state index in [0.29, 0.717) is 20.7 Å². The third kappa shape index (κ3) is 6.28. The van der Waals surface area contributed by atoms with Gasteiger partial charge in [0.15, 0.2) is 10.1 Å². The molecule has 0 spiro atoms. The van der Waals surface area contributed by atoms with Gasteiger partial charge in [-0.1, -0.05) is 35.2 Å². The number of anilines is 3. The molecule has 7 nitrogen and oxygen atoms in total. The Morgan fingerprint density at radius 2 is 1.83 bits per heavy atom. The molecule has 0 aliphatic heterocycles. The molecular weight excluding hydrogens is 428 g/mol. The summed E-state index contributed by atoms with van der Waals surface area (Å²) in [6.45, 7) is 3.83. The molecule has 0 amide bonds. The molecule has 0 aliphatic carbocycles. The zero-order chi connectivity index (χ0) is 21.0. The van der Waals surface area contributed by atoms with Crippen LogP contribution in [0.15, 0.2) is 52.9 Å². The lowest BCUT2D eigenvalue weighted by atomic mass is 10.1. The second kappa shape index (κ2) is 8.93. The molecule has 0 aliphatic rings. The van der Waals surface area contributed by atoms with E-state index in [-0.39, 0.29) is 11.0 Å². The predicted molar refractivity (Wildman–Crippen MR) is 119 cm³/mol. The van der Waals surface area contributed by atoms with E-state index in [0.717, 1.165) is 17.5 Å². The van der Waals surface area contributed by atoms with Crippen LogP contribution in [-0.4, -0.2) is 35.9 Å². The third-order valence-corrected chi connectivity index (χ3v) is 6.42. The van der Waals surface area contributed by atoms with Gasteiger partial charge in [0.1, 0.15) is 0 Å². The van der Waals surface area contributed by atoms with E-state index in [1.807, 2.05) is 38.1 Å². The standard InChI is InChI=1S/C19H20N4O3S3/c1-12-5-4-6-16(11-12)20-18-21-22-19(28-18)27-13(2)17(24)14-7-9-15(10-8-14)23-29(3,25)26/h4-11,13,23H,1-3H3,(H,20,21). The Balaban J connectivity index is 1.62. The van der Waals surface area contributed by atoms with Crippen molar-refractivity contribution in [2.75, 3.05) is 16.3 Å². The minimum Gasteiger partial charge on any atom is -0.330 e. The number of Topliss-reactive ketones (excluding diaryl/α,β-unsaturated/α-hetero) is 1. The maximum atomic E-state index is 12.7. The van der Waals surface area contributed by atoms with Crippen molar-refractivity contribution in [2.45, 2.75) is 23.4 Å². The molecule has 152 valence electrons. The van der Waals surface area contributed by atoms with Crippen LogP contribution in [0.25, 0.3) is 0 Å². The molecule has 1 aromatic heterocycles. The molecule has 2 aromatic carbocycles.